The zero-order chi connectivity index (χ0) is 37.1. The zero-order valence-electron chi connectivity index (χ0n) is 35.6. The molecule has 5 nitrogen and oxygen atoms in total. The average Bonchev–Trinajstić information content (AvgIpc) is 2.87. The maximum atomic E-state index is 7.26. The molecule has 0 bridgehead atoms. The standard InChI is InChI=1S/C42H80O5/c1-28-31(4,5)36(14,15)46-41(22,33(28,8)9)26-44-25-40(21)30(3)34(10,11)42(23,47-38(40,18)19)27-43-24-39(20)29(2)32(6,7)35(12,13)45-37(39,16)17/h28-30H,24-27H2,1-23H3/t28-,29+,30+,39-,40-,41-,42-/m0/s1. The molecule has 3 fully saturated rings. The van der Waals surface area contributed by atoms with Crippen molar-refractivity contribution in [2.24, 2.45) is 50.2 Å². The first-order valence-electron chi connectivity index (χ1n) is 18.8. The van der Waals surface area contributed by atoms with Crippen molar-refractivity contribution in [2.75, 3.05) is 26.4 Å². The van der Waals surface area contributed by atoms with E-state index in [0.29, 0.717) is 44.2 Å². The largest absolute Gasteiger partial charge is 0.378 e. The van der Waals surface area contributed by atoms with Gasteiger partial charge in [-0.05, 0) is 109 Å². The van der Waals surface area contributed by atoms with Crippen LogP contribution in [0, 0.1) is 50.2 Å². The molecule has 0 unspecified atom stereocenters. The summed E-state index contributed by atoms with van der Waals surface area (Å²) >= 11 is 0. The van der Waals surface area contributed by atoms with Crippen molar-refractivity contribution >= 4 is 0 Å². The summed E-state index contributed by atoms with van der Waals surface area (Å²) in [5, 5.41) is 0. The molecule has 0 spiro atoms. The molecular weight excluding hydrogens is 584 g/mol. The van der Waals surface area contributed by atoms with Crippen molar-refractivity contribution in [3.05, 3.63) is 0 Å². The Balaban J connectivity index is 1.80. The molecule has 3 saturated heterocycles. The number of ether oxygens (including phenoxy) is 5. The van der Waals surface area contributed by atoms with Crippen LogP contribution < -0.4 is 0 Å². The fourth-order valence-electron chi connectivity index (χ4n) is 9.96. The minimum atomic E-state index is -0.491. The van der Waals surface area contributed by atoms with Gasteiger partial charge in [-0.25, -0.2) is 0 Å². The lowest BCUT2D eigenvalue weighted by molar-refractivity contribution is -0.339. The predicted octanol–water partition coefficient (Wildman–Crippen LogP) is 10.8. The van der Waals surface area contributed by atoms with Gasteiger partial charge in [-0.3, -0.25) is 0 Å². The van der Waals surface area contributed by atoms with E-state index in [1.807, 2.05) is 0 Å². The van der Waals surface area contributed by atoms with E-state index in [9.17, 15) is 0 Å². The molecule has 47 heavy (non-hydrogen) atoms. The maximum Gasteiger partial charge on any atom is 0.0947 e. The second-order valence-corrected chi connectivity index (χ2v) is 21.7. The van der Waals surface area contributed by atoms with E-state index in [1.54, 1.807) is 0 Å². The summed E-state index contributed by atoms with van der Waals surface area (Å²) < 4.78 is 34.8. The van der Waals surface area contributed by atoms with Crippen LogP contribution in [0.3, 0.4) is 0 Å². The fourth-order valence-corrected chi connectivity index (χ4v) is 9.96. The van der Waals surface area contributed by atoms with E-state index in [2.05, 4.69) is 159 Å². The first-order valence-corrected chi connectivity index (χ1v) is 18.8. The first-order chi connectivity index (χ1) is 20.5. The Morgan fingerprint density at radius 2 is 0.617 bits per heavy atom. The summed E-state index contributed by atoms with van der Waals surface area (Å²) in [5.74, 6) is 1.13. The predicted molar refractivity (Wildman–Crippen MR) is 197 cm³/mol. The Morgan fingerprint density at radius 1 is 0.340 bits per heavy atom. The third-order valence-corrected chi connectivity index (χ3v) is 17.9. The molecule has 3 aliphatic rings. The summed E-state index contributed by atoms with van der Waals surface area (Å²) in [4.78, 5) is 0. The SMILES string of the molecule is C[C@@H]1C(C)(C)C(C)(C)OC(C)(C)[C@@]1(C)COC[C@]1(C)OC(C)(C)[C@@](C)(COC[C@]2(C)OC(C)(C)C(C)(C)[C@H](C)C2(C)C)[C@H](C)C1(C)C. The van der Waals surface area contributed by atoms with E-state index in [-0.39, 0.29) is 49.3 Å². The van der Waals surface area contributed by atoms with Crippen molar-refractivity contribution in [3.8, 4) is 0 Å². The van der Waals surface area contributed by atoms with E-state index in [0.717, 1.165) is 0 Å². The Hall–Kier alpha value is -0.200. The van der Waals surface area contributed by atoms with Crippen LogP contribution in [0.2, 0.25) is 0 Å². The lowest BCUT2D eigenvalue weighted by Gasteiger charge is -2.66. The van der Waals surface area contributed by atoms with E-state index in [1.165, 1.54) is 0 Å². The Kier molecular flexibility index (Phi) is 10.00. The molecule has 7 atom stereocenters. The topological polar surface area (TPSA) is 46.2 Å². The molecule has 5 heteroatoms. The van der Waals surface area contributed by atoms with Gasteiger partial charge in [0.05, 0.1) is 60.0 Å². The van der Waals surface area contributed by atoms with Crippen molar-refractivity contribution < 1.29 is 23.7 Å². The Labute approximate surface area is 292 Å². The summed E-state index contributed by atoms with van der Waals surface area (Å²) in [6.45, 7) is 55.5. The molecule has 0 N–H and O–H groups in total. The normalized spacial score (nSPS) is 44.1. The first kappa shape index (κ1) is 41.2. The Morgan fingerprint density at radius 3 is 1.02 bits per heavy atom. The smallest absolute Gasteiger partial charge is 0.0947 e. The van der Waals surface area contributed by atoms with Gasteiger partial charge in [0.2, 0.25) is 0 Å². The van der Waals surface area contributed by atoms with Crippen molar-refractivity contribution in [3.63, 3.8) is 0 Å². The monoisotopic (exact) mass is 665 g/mol. The quantitative estimate of drug-likeness (QED) is 0.258. The molecule has 278 valence electrons. The number of hydrogen-bond donors (Lipinski definition) is 0. The molecule has 3 rings (SSSR count). The molecule has 0 aromatic rings. The minimum Gasteiger partial charge on any atom is -0.378 e. The van der Waals surface area contributed by atoms with Crippen LogP contribution in [0.4, 0.5) is 0 Å². The van der Waals surface area contributed by atoms with Gasteiger partial charge in [0, 0.05) is 10.8 Å². The van der Waals surface area contributed by atoms with Gasteiger partial charge in [-0.15, -0.1) is 0 Å². The van der Waals surface area contributed by atoms with Crippen molar-refractivity contribution in [1.82, 2.24) is 0 Å². The van der Waals surface area contributed by atoms with Gasteiger partial charge in [-0.2, -0.15) is 0 Å². The molecule has 3 aliphatic heterocycles. The van der Waals surface area contributed by atoms with Crippen LogP contribution in [-0.4, -0.2) is 60.0 Å². The van der Waals surface area contributed by atoms with Gasteiger partial charge in [0.25, 0.3) is 0 Å². The molecule has 0 aliphatic carbocycles. The zero-order valence-corrected chi connectivity index (χ0v) is 35.6. The highest BCUT2D eigenvalue weighted by Gasteiger charge is 2.66. The summed E-state index contributed by atoms with van der Waals surface area (Å²) in [7, 11) is 0. The van der Waals surface area contributed by atoms with Crippen LogP contribution in [0.1, 0.15) is 159 Å². The van der Waals surface area contributed by atoms with Crippen LogP contribution in [0.5, 0.6) is 0 Å². The second-order valence-electron chi connectivity index (χ2n) is 21.7. The van der Waals surface area contributed by atoms with Crippen LogP contribution in [0.25, 0.3) is 0 Å². The van der Waals surface area contributed by atoms with E-state index in [4.69, 9.17) is 23.7 Å². The van der Waals surface area contributed by atoms with Gasteiger partial charge in [0.15, 0.2) is 0 Å². The molecule has 0 aromatic heterocycles. The van der Waals surface area contributed by atoms with Crippen molar-refractivity contribution in [2.45, 2.75) is 193 Å². The van der Waals surface area contributed by atoms with Crippen LogP contribution >= 0.6 is 0 Å². The molecular formula is C42H80O5. The van der Waals surface area contributed by atoms with Crippen molar-refractivity contribution in [1.29, 1.82) is 0 Å². The molecule has 0 radical (unpaired) electrons. The third-order valence-electron chi connectivity index (χ3n) is 17.9. The highest BCUT2D eigenvalue weighted by atomic mass is 16.6. The maximum absolute atomic E-state index is 7.26. The summed E-state index contributed by atoms with van der Waals surface area (Å²) in [5.41, 5.74) is -2.83. The number of hydrogen-bond acceptors (Lipinski definition) is 5. The lowest BCUT2D eigenvalue weighted by Crippen LogP contribution is -2.70. The van der Waals surface area contributed by atoms with Crippen LogP contribution in [-0.2, 0) is 23.7 Å². The molecule has 0 amide bonds. The lowest BCUT2D eigenvalue weighted by atomic mass is 9.51. The molecule has 3 heterocycles. The fraction of sp³-hybridized carbons (Fsp3) is 1.00. The van der Waals surface area contributed by atoms with Crippen LogP contribution in [0.15, 0.2) is 0 Å². The van der Waals surface area contributed by atoms with Gasteiger partial charge >= 0.3 is 0 Å². The van der Waals surface area contributed by atoms with Gasteiger partial charge < -0.3 is 23.7 Å². The third kappa shape index (κ3) is 5.73. The Bertz CT molecular complexity index is 1160. The second kappa shape index (κ2) is 11.4. The average molecular weight is 665 g/mol. The summed E-state index contributed by atoms with van der Waals surface area (Å²) in [6.07, 6.45) is 0. The highest BCUT2D eigenvalue weighted by Crippen LogP contribution is 2.63. The minimum absolute atomic E-state index is 0.0115. The van der Waals surface area contributed by atoms with Gasteiger partial charge in [0.1, 0.15) is 0 Å². The summed E-state index contributed by atoms with van der Waals surface area (Å²) in [6, 6.07) is 0. The van der Waals surface area contributed by atoms with Gasteiger partial charge in [-0.1, -0.05) is 90.0 Å². The van der Waals surface area contributed by atoms with E-state index >= 15 is 0 Å². The number of rotatable bonds is 8. The molecule has 0 saturated carbocycles. The van der Waals surface area contributed by atoms with E-state index < -0.39 is 16.8 Å². The molecule has 0 aromatic carbocycles. The highest BCUT2D eigenvalue weighted by molar-refractivity contribution is 5.13.